The maximum atomic E-state index is 10.6. The maximum Gasteiger partial charge on any atom is 0.490 e. The van der Waals surface area contributed by atoms with E-state index in [1.165, 1.54) is 17.8 Å². The first-order chi connectivity index (χ1) is 18.2. The van der Waals surface area contributed by atoms with E-state index in [9.17, 15) is 26.3 Å². The van der Waals surface area contributed by atoms with Crippen molar-refractivity contribution >= 4 is 23.3 Å². The van der Waals surface area contributed by atoms with E-state index in [4.69, 9.17) is 29.3 Å². The van der Waals surface area contributed by atoms with E-state index < -0.39 is 24.3 Å². The molecule has 4 rings (SSSR count). The van der Waals surface area contributed by atoms with Crippen LogP contribution in [0.1, 0.15) is 29.8 Å². The normalized spacial score (nSPS) is 21.4. The number of aromatic nitrogens is 2. The largest absolute Gasteiger partial charge is 0.490 e. The minimum Gasteiger partial charge on any atom is -0.475 e. The number of hydrogen-bond donors (Lipinski definition) is 2. The van der Waals surface area contributed by atoms with Gasteiger partial charge in [0.25, 0.3) is 0 Å². The Morgan fingerprint density at radius 3 is 2.36 bits per heavy atom. The number of morpholine rings is 1. The summed E-state index contributed by atoms with van der Waals surface area (Å²) >= 11 is 1.74. The lowest BCUT2D eigenvalue weighted by Gasteiger charge is -2.44. The van der Waals surface area contributed by atoms with Crippen molar-refractivity contribution in [3.63, 3.8) is 0 Å². The molecule has 39 heavy (non-hydrogen) atoms. The van der Waals surface area contributed by atoms with E-state index in [2.05, 4.69) is 26.3 Å². The number of pyridine rings is 1. The summed E-state index contributed by atoms with van der Waals surface area (Å²) in [7, 11) is 0. The lowest BCUT2D eigenvalue weighted by atomic mass is 9.89. The lowest BCUT2D eigenvalue weighted by Crippen LogP contribution is -2.54. The molecule has 218 valence electrons. The molecule has 0 aromatic carbocycles. The quantitative estimate of drug-likeness (QED) is 0.474. The van der Waals surface area contributed by atoms with Crippen molar-refractivity contribution in [2.75, 3.05) is 26.3 Å². The highest BCUT2D eigenvalue weighted by molar-refractivity contribution is 7.09. The van der Waals surface area contributed by atoms with Gasteiger partial charge in [0.15, 0.2) is 0 Å². The Hall–Kier alpha value is -2.82. The van der Waals surface area contributed by atoms with Crippen molar-refractivity contribution in [1.82, 2.24) is 14.9 Å². The molecule has 2 N–H and O–H groups in total. The molecule has 0 unspecified atom stereocenters. The second-order valence-electron chi connectivity index (χ2n) is 8.62. The first-order valence-electron chi connectivity index (χ1n) is 11.5. The summed E-state index contributed by atoms with van der Waals surface area (Å²) in [6.07, 6.45) is -1.05. The van der Waals surface area contributed by atoms with Gasteiger partial charge in [-0.25, -0.2) is 14.6 Å². The molecule has 9 nitrogen and oxygen atoms in total. The zero-order valence-corrected chi connectivity index (χ0v) is 21.3. The van der Waals surface area contributed by atoms with Gasteiger partial charge in [-0.05, 0) is 24.5 Å². The molecular formula is C23H27F6N3O6S. The van der Waals surface area contributed by atoms with Crippen LogP contribution < -0.4 is 0 Å². The molecule has 1 aliphatic heterocycles. The third-order valence-electron chi connectivity index (χ3n) is 5.82. The van der Waals surface area contributed by atoms with Crippen molar-refractivity contribution in [1.29, 1.82) is 0 Å². The van der Waals surface area contributed by atoms with E-state index in [1.807, 2.05) is 18.5 Å². The number of thiazole rings is 1. The van der Waals surface area contributed by atoms with Gasteiger partial charge in [-0.15, -0.1) is 11.3 Å². The summed E-state index contributed by atoms with van der Waals surface area (Å²) < 4.78 is 75.8. The summed E-state index contributed by atoms with van der Waals surface area (Å²) in [5.41, 5.74) is 1.09. The number of ether oxygens (including phenoxy) is 2. The van der Waals surface area contributed by atoms with Crippen molar-refractivity contribution in [3.05, 3.63) is 46.7 Å². The van der Waals surface area contributed by atoms with Gasteiger partial charge in [0.05, 0.1) is 32.0 Å². The number of aliphatic carboxylic acids is 2. The van der Waals surface area contributed by atoms with E-state index in [0.29, 0.717) is 12.5 Å². The van der Waals surface area contributed by atoms with Crippen LogP contribution in [-0.2, 0) is 32.2 Å². The Balaban J connectivity index is 0.000000317. The fourth-order valence-electron chi connectivity index (χ4n) is 4.09. The first-order valence-corrected chi connectivity index (χ1v) is 12.4. The molecule has 1 spiro atoms. The first kappa shape index (κ1) is 32.4. The summed E-state index contributed by atoms with van der Waals surface area (Å²) in [6.45, 7) is 5.12. The van der Waals surface area contributed by atoms with Crippen LogP contribution in [0.25, 0.3) is 0 Å². The Kier molecular flexibility index (Phi) is 12.1. The summed E-state index contributed by atoms with van der Waals surface area (Å²) in [5.74, 6) is -5.04. The molecule has 2 atom stereocenters. The number of carbonyl (C=O) groups is 2. The van der Waals surface area contributed by atoms with Gasteiger partial charge >= 0.3 is 24.3 Å². The highest BCUT2D eigenvalue weighted by Gasteiger charge is 2.47. The Morgan fingerprint density at radius 2 is 1.82 bits per heavy atom. The fraction of sp³-hybridized carbons (Fsp3) is 0.565. The molecule has 2 aromatic heterocycles. The molecular weight excluding hydrogens is 560 g/mol. The number of carboxylic acids is 2. The molecule has 0 bridgehead atoms. The number of carboxylic acid groups (broad SMARTS) is 2. The third-order valence-corrected chi connectivity index (χ3v) is 6.59. The van der Waals surface area contributed by atoms with E-state index in [-0.39, 0.29) is 5.60 Å². The maximum absolute atomic E-state index is 10.6. The minimum atomic E-state index is -5.08. The number of rotatable bonds is 6. The van der Waals surface area contributed by atoms with Crippen LogP contribution in [-0.4, -0.2) is 81.3 Å². The van der Waals surface area contributed by atoms with Crippen molar-refractivity contribution in [2.24, 2.45) is 5.92 Å². The molecule has 2 aromatic rings. The van der Waals surface area contributed by atoms with Gasteiger partial charge in [0.2, 0.25) is 0 Å². The van der Waals surface area contributed by atoms with E-state index in [0.717, 1.165) is 44.8 Å². The summed E-state index contributed by atoms with van der Waals surface area (Å²) in [6, 6.07) is 4.01. The van der Waals surface area contributed by atoms with Gasteiger partial charge in [-0.1, -0.05) is 12.5 Å². The molecule has 0 amide bonds. The molecule has 0 radical (unpaired) electrons. The average Bonchev–Trinajstić information content (AvgIpc) is 3.50. The van der Waals surface area contributed by atoms with Crippen LogP contribution >= 0.6 is 11.3 Å². The second kappa shape index (κ2) is 14.5. The van der Waals surface area contributed by atoms with Gasteiger partial charge in [-0.3, -0.25) is 9.88 Å². The minimum absolute atomic E-state index is 0.0373. The SMILES string of the molecule is O=C(O)C(F)(F)F.O=C(O)C(F)(F)F.c1cncc(COC[C@H]2CCC[C@]23CN(Cc2nccs2)CCO3)c1. The lowest BCUT2D eigenvalue weighted by molar-refractivity contribution is -0.193. The average molecular weight is 588 g/mol. The zero-order chi connectivity index (χ0) is 29.1. The molecule has 3 heterocycles. The molecule has 2 fully saturated rings. The summed E-state index contributed by atoms with van der Waals surface area (Å²) in [4.78, 5) is 28.9. The molecule has 1 saturated heterocycles. The zero-order valence-electron chi connectivity index (χ0n) is 20.5. The van der Waals surface area contributed by atoms with Crippen LogP contribution in [0, 0.1) is 5.92 Å². The molecule has 16 heteroatoms. The molecule has 1 saturated carbocycles. The number of alkyl halides is 6. The van der Waals surface area contributed by atoms with Crippen molar-refractivity contribution in [3.8, 4) is 0 Å². The van der Waals surface area contributed by atoms with Gasteiger partial charge in [-0.2, -0.15) is 26.3 Å². The number of halogens is 6. The standard InChI is InChI=1S/C19H25N3O2S.2C2HF3O2/c1-4-17(14-23-13-16-3-2-6-20-11-16)19(5-1)15-22(8-9-24-19)12-18-21-7-10-25-18;2*3-2(4,5)1(6)7/h2-3,6-7,10-11,17H,1,4-5,8-9,12-15H2;2*(H,6,7)/t17-,19+;;/m1../s1. The number of nitrogens with zero attached hydrogens (tertiary/aromatic N) is 3. The number of hydrogen-bond acceptors (Lipinski definition) is 8. The van der Waals surface area contributed by atoms with Crippen molar-refractivity contribution in [2.45, 2.75) is 50.4 Å². The van der Waals surface area contributed by atoms with Crippen LogP contribution in [0.15, 0.2) is 36.1 Å². The Morgan fingerprint density at radius 1 is 1.15 bits per heavy atom. The van der Waals surface area contributed by atoms with Gasteiger partial charge in [0.1, 0.15) is 5.01 Å². The van der Waals surface area contributed by atoms with Crippen molar-refractivity contribution < 1.29 is 55.6 Å². The van der Waals surface area contributed by atoms with E-state index in [1.54, 1.807) is 17.5 Å². The van der Waals surface area contributed by atoms with Crippen LogP contribution in [0.3, 0.4) is 0 Å². The van der Waals surface area contributed by atoms with E-state index >= 15 is 0 Å². The molecule has 2 aliphatic rings. The van der Waals surface area contributed by atoms with Gasteiger partial charge in [0, 0.05) is 43.0 Å². The highest BCUT2D eigenvalue weighted by atomic mass is 32.1. The third kappa shape index (κ3) is 11.1. The molecule has 1 aliphatic carbocycles. The fourth-order valence-corrected chi connectivity index (χ4v) is 4.75. The highest BCUT2D eigenvalue weighted by Crippen LogP contribution is 2.41. The summed E-state index contributed by atoms with van der Waals surface area (Å²) in [5, 5.41) is 17.5. The monoisotopic (exact) mass is 587 g/mol. The van der Waals surface area contributed by atoms with Crippen LogP contribution in [0.4, 0.5) is 26.3 Å². The predicted octanol–water partition coefficient (Wildman–Crippen LogP) is 4.39. The Bertz CT molecular complexity index is 1000. The van der Waals surface area contributed by atoms with Crippen LogP contribution in [0.2, 0.25) is 0 Å². The Labute approximate surface area is 223 Å². The second-order valence-corrected chi connectivity index (χ2v) is 9.60. The van der Waals surface area contributed by atoms with Gasteiger partial charge < -0.3 is 19.7 Å². The predicted molar refractivity (Wildman–Crippen MR) is 125 cm³/mol. The smallest absolute Gasteiger partial charge is 0.475 e. The topological polar surface area (TPSA) is 122 Å². The van der Waals surface area contributed by atoms with Crippen LogP contribution in [0.5, 0.6) is 0 Å².